The van der Waals surface area contributed by atoms with Crippen molar-refractivity contribution in [2.45, 2.75) is 67.1 Å². The average Bonchev–Trinajstić information content (AvgIpc) is 2.71. The van der Waals surface area contributed by atoms with Crippen LogP contribution in [0.25, 0.3) is 22.5 Å². The molecule has 0 aliphatic carbocycles. The molecule has 1 aromatic heterocycles. The molecule has 3 aromatic rings. The number of benzene rings is 2. The number of hydrogen-bond acceptors (Lipinski definition) is 4. The van der Waals surface area contributed by atoms with Crippen molar-refractivity contribution < 1.29 is 47.9 Å². The van der Waals surface area contributed by atoms with Crippen LogP contribution in [0.4, 0.5) is 17.6 Å². The number of hydrogen-bond donors (Lipinski definition) is 2. The number of aliphatic hydroxyl groups excluding tert-OH is 2. The van der Waals surface area contributed by atoms with E-state index in [2.05, 4.69) is 16.0 Å². The molecule has 0 saturated heterocycles. The minimum Gasteiger partial charge on any atom is -0.392 e. The zero-order valence-corrected chi connectivity index (χ0v) is 24.4. The van der Waals surface area contributed by atoms with Crippen LogP contribution >= 0.6 is 0 Å². The maximum absolute atomic E-state index is 13.5. The van der Waals surface area contributed by atoms with Crippen molar-refractivity contribution in [2.75, 3.05) is 0 Å². The fourth-order valence-corrected chi connectivity index (χ4v) is 3.11. The fourth-order valence-electron chi connectivity index (χ4n) is 3.11. The molecule has 9 heteroatoms. The van der Waals surface area contributed by atoms with Crippen molar-refractivity contribution in [3.63, 3.8) is 0 Å². The summed E-state index contributed by atoms with van der Waals surface area (Å²) >= 11 is 0. The Hall–Kier alpha value is -2.19. The van der Waals surface area contributed by atoms with Crippen LogP contribution in [-0.4, -0.2) is 32.4 Å². The van der Waals surface area contributed by atoms with E-state index in [1.807, 2.05) is 41.5 Å². The molecule has 2 unspecified atom stereocenters. The Kier molecular flexibility index (Phi) is 11.6. The molecule has 2 atom stereocenters. The molecular formula is C28H33F4IrN2O2-. The third kappa shape index (κ3) is 9.89. The van der Waals surface area contributed by atoms with E-state index in [0.717, 1.165) is 24.3 Å². The van der Waals surface area contributed by atoms with Gasteiger partial charge in [-0.25, -0.2) is 17.6 Å². The van der Waals surface area contributed by atoms with Gasteiger partial charge in [-0.3, -0.25) is 4.98 Å². The molecule has 0 aliphatic heterocycles. The van der Waals surface area contributed by atoms with Crippen molar-refractivity contribution in [2.24, 2.45) is 10.8 Å². The van der Waals surface area contributed by atoms with Crippen LogP contribution in [0.1, 0.15) is 53.7 Å². The van der Waals surface area contributed by atoms with Gasteiger partial charge in [0, 0.05) is 56.1 Å². The Morgan fingerprint density at radius 3 is 1.73 bits per heavy atom. The second kappa shape index (κ2) is 13.0. The summed E-state index contributed by atoms with van der Waals surface area (Å²) in [6.07, 6.45) is 0.960. The van der Waals surface area contributed by atoms with Crippen molar-refractivity contribution in [1.82, 2.24) is 9.97 Å². The van der Waals surface area contributed by atoms with Crippen LogP contribution in [-0.2, 0) is 20.1 Å². The first kappa shape index (κ1) is 32.8. The van der Waals surface area contributed by atoms with Crippen molar-refractivity contribution in [3.8, 4) is 22.5 Å². The fraction of sp³-hybridized carbons (Fsp3) is 0.429. The molecule has 0 bridgehead atoms. The van der Waals surface area contributed by atoms with E-state index in [1.165, 1.54) is 6.20 Å². The molecule has 2 N–H and O–H groups in total. The molecule has 0 fully saturated rings. The number of aryl methyl sites for hydroxylation is 1. The Bertz CT molecular complexity index is 1140. The van der Waals surface area contributed by atoms with E-state index in [4.69, 9.17) is 0 Å². The summed E-state index contributed by atoms with van der Waals surface area (Å²) in [7, 11) is 0. The van der Waals surface area contributed by atoms with Gasteiger partial charge in [-0.05, 0) is 35.4 Å². The van der Waals surface area contributed by atoms with Crippen LogP contribution in [0.3, 0.4) is 0 Å². The Morgan fingerprint density at radius 1 is 0.784 bits per heavy atom. The van der Waals surface area contributed by atoms with Gasteiger partial charge < -0.3 is 15.2 Å². The van der Waals surface area contributed by atoms with E-state index >= 15 is 0 Å². The zero-order valence-electron chi connectivity index (χ0n) is 22.0. The predicted molar refractivity (Wildman–Crippen MR) is 132 cm³/mol. The summed E-state index contributed by atoms with van der Waals surface area (Å²) in [5, 5.41) is 19.5. The third-order valence-electron chi connectivity index (χ3n) is 5.53. The molecule has 0 aliphatic rings. The van der Waals surface area contributed by atoms with Crippen LogP contribution in [0, 0.1) is 47.1 Å². The van der Waals surface area contributed by atoms with Crippen LogP contribution in [0.15, 0.2) is 36.5 Å². The Balaban J connectivity index is 0.000000423. The van der Waals surface area contributed by atoms with Gasteiger partial charge in [0.15, 0.2) is 0 Å². The maximum atomic E-state index is 13.5. The van der Waals surface area contributed by atoms with E-state index in [0.29, 0.717) is 18.2 Å². The molecule has 0 saturated carbocycles. The summed E-state index contributed by atoms with van der Waals surface area (Å²) in [4.78, 5) is 8.30. The van der Waals surface area contributed by atoms with Gasteiger partial charge >= 0.3 is 0 Å². The molecule has 4 nitrogen and oxygen atoms in total. The van der Waals surface area contributed by atoms with Gasteiger partial charge in [0.2, 0.25) is 0 Å². The average molecular weight is 698 g/mol. The summed E-state index contributed by atoms with van der Waals surface area (Å²) in [6.45, 7) is 13.5. The van der Waals surface area contributed by atoms with Crippen LogP contribution in [0.2, 0.25) is 0 Å². The molecule has 1 heterocycles. The number of rotatable bonds is 4. The molecule has 0 amide bonds. The second-order valence-corrected chi connectivity index (χ2v) is 10.9. The standard InChI is InChI=1S/C17H9F4N2.C11H24O2.Ir/c1-9-8-22-16(10-2-12(18)6-13(19)3-10)17(23-9)11-4-14(20)7-15(21)5-11;1-10(2,3)8(12)7-9(13)11(4,5)6;/h2,4-8H,1H3;8-9,12-13H,7H2,1-6H3;/q-1;;. The number of aromatic nitrogens is 2. The van der Waals surface area contributed by atoms with Crippen LogP contribution in [0.5, 0.6) is 0 Å². The zero-order chi connectivity index (χ0) is 27.4. The third-order valence-corrected chi connectivity index (χ3v) is 5.53. The molecule has 37 heavy (non-hydrogen) atoms. The smallest absolute Gasteiger partial charge is 0.126 e. The van der Waals surface area contributed by atoms with Crippen LogP contribution < -0.4 is 0 Å². The molecule has 0 spiro atoms. The SMILES string of the molecule is CC(C)(C)C(O)CC(O)C(C)(C)C.Cc1cnc(-c2[c-]c(F)cc(F)c2)c(-c2cc(F)cc(F)c2)n1.[Ir]. The summed E-state index contributed by atoms with van der Waals surface area (Å²) in [5.41, 5.74) is 0.522. The molecule has 2 aromatic carbocycles. The maximum Gasteiger partial charge on any atom is 0.126 e. The van der Waals surface area contributed by atoms with E-state index in [-0.39, 0.29) is 53.5 Å². The first-order valence-electron chi connectivity index (χ1n) is 11.5. The van der Waals surface area contributed by atoms with Gasteiger partial charge in [0.05, 0.1) is 23.6 Å². The number of aliphatic hydroxyl groups is 2. The van der Waals surface area contributed by atoms with Gasteiger partial charge in [0.1, 0.15) is 11.6 Å². The molecule has 1 radical (unpaired) electrons. The summed E-state index contributed by atoms with van der Waals surface area (Å²) in [5.74, 6) is -3.29. The first-order valence-corrected chi connectivity index (χ1v) is 11.5. The molecule has 205 valence electrons. The van der Waals surface area contributed by atoms with Gasteiger partial charge in [-0.15, -0.1) is 17.7 Å². The quantitative estimate of drug-likeness (QED) is 0.237. The van der Waals surface area contributed by atoms with E-state index in [9.17, 15) is 27.8 Å². The van der Waals surface area contributed by atoms with Gasteiger partial charge in [0.25, 0.3) is 0 Å². The van der Waals surface area contributed by atoms with E-state index in [1.54, 1.807) is 6.92 Å². The van der Waals surface area contributed by atoms with Crippen molar-refractivity contribution in [3.05, 3.63) is 71.6 Å². The van der Waals surface area contributed by atoms with E-state index < -0.39 is 35.5 Å². The van der Waals surface area contributed by atoms with Gasteiger partial charge in [-0.2, -0.15) is 0 Å². The Morgan fingerprint density at radius 2 is 1.27 bits per heavy atom. The molecule has 3 rings (SSSR count). The second-order valence-electron chi connectivity index (χ2n) is 10.9. The monoisotopic (exact) mass is 698 g/mol. The van der Waals surface area contributed by atoms with Crippen molar-refractivity contribution >= 4 is 0 Å². The Labute approximate surface area is 229 Å². The largest absolute Gasteiger partial charge is 0.392 e. The minimum absolute atomic E-state index is 0. The summed E-state index contributed by atoms with van der Waals surface area (Å²) < 4.78 is 53.7. The van der Waals surface area contributed by atoms with Crippen molar-refractivity contribution in [1.29, 1.82) is 0 Å². The molecular weight excluding hydrogens is 665 g/mol. The van der Waals surface area contributed by atoms with Gasteiger partial charge in [-0.1, -0.05) is 47.6 Å². The number of halogens is 4. The predicted octanol–water partition coefficient (Wildman–Crippen LogP) is 6.66. The summed E-state index contributed by atoms with van der Waals surface area (Å²) in [6, 6.07) is 6.90. The topological polar surface area (TPSA) is 66.2 Å². The minimum atomic E-state index is -0.904. The normalized spacial score (nSPS) is 13.2. The number of nitrogens with zero attached hydrogens (tertiary/aromatic N) is 2. The first-order chi connectivity index (χ1) is 16.5.